The fourth-order valence-electron chi connectivity index (χ4n) is 1.15. The number of hydrogen-bond donors (Lipinski definition) is 3. The second kappa shape index (κ2) is 12.8. The Morgan fingerprint density at radius 2 is 1.88 bits per heavy atom. The molecule has 0 saturated carbocycles. The van der Waals surface area contributed by atoms with Gasteiger partial charge in [0.25, 0.3) is 0 Å². The largest absolute Gasteiger partial charge is 0.465 e. The zero-order chi connectivity index (χ0) is 13.7. The van der Waals surface area contributed by atoms with E-state index in [9.17, 15) is 4.79 Å². The van der Waals surface area contributed by atoms with E-state index in [1.807, 2.05) is 0 Å². The van der Waals surface area contributed by atoms with Crippen molar-refractivity contribution < 1.29 is 24.5 Å². The summed E-state index contributed by atoms with van der Waals surface area (Å²) in [4.78, 5) is 19.3. The molecule has 0 spiro atoms. The topological polar surface area (TPSA) is 110 Å². The molecule has 0 rings (SSSR count). The van der Waals surface area contributed by atoms with E-state index < -0.39 is 6.09 Å². The van der Waals surface area contributed by atoms with Gasteiger partial charge in [0.15, 0.2) is 0 Å². The van der Waals surface area contributed by atoms with E-state index >= 15 is 0 Å². The number of hydrogen-bond acceptors (Lipinski definition) is 4. The highest BCUT2D eigenvalue weighted by atomic mass is 16.5. The van der Waals surface area contributed by atoms with Gasteiger partial charge in [-0.15, -0.1) is 0 Å². The predicted octanol–water partition coefficient (Wildman–Crippen LogP) is 1.36. The maximum absolute atomic E-state index is 10.5. The maximum Gasteiger partial charge on any atom is 0.402 e. The molecule has 0 saturated heterocycles. The monoisotopic (exact) mass is 249 g/mol. The third-order valence-corrected chi connectivity index (χ3v) is 2.00. The summed E-state index contributed by atoms with van der Waals surface area (Å²) in [5.41, 5.74) is 4.03. The van der Waals surface area contributed by atoms with Gasteiger partial charge in [-0.1, -0.05) is 26.2 Å². The molecule has 4 N–H and O–H groups in total. The number of unbranched alkanes of at least 4 members (excludes halogenated alkanes) is 2. The van der Waals surface area contributed by atoms with Crippen molar-refractivity contribution in [1.29, 1.82) is 0 Å². The van der Waals surface area contributed by atoms with Gasteiger partial charge in [-0.2, -0.15) is 0 Å². The first-order valence-corrected chi connectivity index (χ1v) is 5.66. The standard InChI is InChI=1S/C10H20O3.CH3NO2/c1-3-4-5-6-10(7-11)8-13-9(2)12;2-1(3)4/h10-11H,3-8H2,1-2H3;2H2,(H,3,4)/t10-;/m0./s1. The predicted molar refractivity (Wildman–Crippen MR) is 63.6 cm³/mol. The minimum absolute atomic E-state index is 0.108. The lowest BCUT2D eigenvalue weighted by Crippen LogP contribution is -2.15. The first kappa shape index (κ1) is 18.1. The summed E-state index contributed by atoms with van der Waals surface area (Å²) in [6.07, 6.45) is 3.06. The Morgan fingerprint density at radius 3 is 2.24 bits per heavy atom. The van der Waals surface area contributed by atoms with Gasteiger partial charge >= 0.3 is 12.1 Å². The summed E-state index contributed by atoms with van der Waals surface area (Å²) in [6, 6.07) is 0. The van der Waals surface area contributed by atoms with Gasteiger partial charge in [0.2, 0.25) is 0 Å². The average molecular weight is 249 g/mol. The van der Waals surface area contributed by atoms with Crippen LogP contribution in [-0.4, -0.2) is 35.5 Å². The number of amides is 1. The lowest BCUT2D eigenvalue weighted by atomic mass is 10.0. The Kier molecular flexibility index (Phi) is 13.6. The molecule has 0 fully saturated rings. The molecule has 0 aliphatic carbocycles. The van der Waals surface area contributed by atoms with Crippen molar-refractivity contribution in [2.75, 3.05) is 13.2 Å². The summed E-state index contributed by atoms with van der Waals surface area (Å²) in [6.45, 7) is 3.99. The van der Waals surface area contributed by atoms with Crippen LogP contribution >= 0.6 is 0 Å². The van der Waals surface area contributed by atoms with Crippen LogP contribution in [0.4, 0.5) is 4.79 Å². The highest BCUT2D eigenvalue weighted by Crippen LogP contribution is 2.09. The van der Waals surface area contributed by atoms with Crippen LogP contribution in [0.15, 0.2) is 0 Å². The first-order chi connectivity index (χ1) is 7.93. The van der Waals surface area contributed by atoms with E-state index in [1.54, 1.807) is 0 Å². The fourth-order valence-corrected chi connectivity index (χ4v) is 1.15. The fraction of sp³-hybridized carbons (Fsp3) is 0.818. The lowest BCUT2D eigenvalue weighted by Gasteiger charge is -2.12. The summed E-state index contributed by atoms with van der Waals surface area (Å²) >= 11 is 0. The molecule has 0 heterocycles. The van der Waals surface area contributed by atoms with Gasteiger partial charge in [-0.25, -0.2) is 4.79 Å². The van der Waals surface area contributed by atoms with E-state index in [2.05, 4.69) is 12.7 Å². The molecule has 6 heteroatoms. The van der Waals surface area contributed by atoms with E-state index in [-0.39, 0.29) is 18.5 Å². The summed E-state index contributed by atoms with van der Waals surface area (Å²) in [7, 11) is 0. The number of carbonyl (C=O) groups excluding carboxylic acids is 1. The molecule has 0 unspecified atom stereocenters. The van der Waals surface area contributed by atoms with Crippen molar-refractivity contribution in [3.05, 3.63) is 0 Å². The van der Waals surface area contributed by atoms with Crippen molar-refractivity contribution in [3.8, 4) is 0 Å². The van der Waals surface area contributed by atoms with Crippen LogP contribution in [0.2, 0.25) is 0 Å². The van der Waals surface area contributed by atoms with Crippen LogP contribution in [0.25, 0.3) is 0 Å². The normalized spacial score (nSPS) is 11.0. The van der Waals surface area contributed by atoms with Crippen LogP contribution in [0.3, 0.4) is 0 Å². The molecular weight excluding hydrogens is 226 g/mol. The molecule has 0 aromatic rings. The number of aliphatic hydroxyl groups is 1. The van der Waals surface area contributed by atoms with Crippen molar-refractivity contribution >= 4 is 12.1 Å². The van der Waals surface area contributed by atoms with Gasteiger partial charge in [0.1, 0.15) is 0 Å². The Morgan fingerprint density at radius 1 is 1.35 bits per heavy atom. The van der Waals surface area contributed by atoms with Crippen LogP contribution in [0.1, 0.15) is 39.5 Å². The summed E-state index contributed by atoms with van der Waals surface area (Å²) < 4.78 is 4.83. The highest BCUT2D eigenvalue weighted by Gasteiger charge is 2.08. The van der Waals surface area contributed by atoms with Crippen molar-refractivity contribution in [2.24, 2.45) is 11.7 Å². The molecule has 0 aromatic heterocycles. The maximum atomic E-state index is 10.5. The highest BCUT2D eigenvalue weighted by molar-refractivity contribution is 5.65. The zero-order valence-corrected chi connectivity index (χ0v) is 10.5. The molecule has 0 aliphatic heterocycles. The van der Waals surface area contributed by atoms with E-state index in [4.69, 9.17) is 19.7 Å². The minimum atomic E-state index is -1.33. The lowest BCUT2D eigenvalue weighted by molar-refractivity contribution is -0.142. The Labute approximate surface area is 102 Å². The summed E-state index contributed by atoms with van der Waals surface area (Å²) in [5.74, 6) is -0.149. The van der Waals surface area contributed by atoms with Gasteiger partial charge in [0.05, 0.1) is 6.61 Å². The number of esters is 1. The van der Waals surface area contributed by atoms with Gasteiger partial charge < -0.3 is 20.7 Å². The molecule has 0 aromatic carbocycles. The number of primary amides is 1. The van der Waals surface area contributed by atoms with E-state index in [0.29, 0.717) is 6.61 Å². The van der Waals surface area contributed by atoms with E-state index in [1.165, 1.54) is 19.8 Å². The zero-order valence-electron chi connectivity index (χ0n) is 10.5. The van der Waals surface area contributed by atoms with Crippen molar-refractivity contribution in [1.82, 2.24) is 0 Å². The number of ether oxygens (including phenoxy) is 1. The molecule has 17 heavy (non-hydrogen) atoms. The van der Waals surface area contributed by atoms with Gasteiger partial charge in [0, 0.05) is 19.4 Å². The summed E-state index contributed by atoms with van der Waals surface area (Å²) in [5, 5.41) is 16.1. The smallest absolute Gasteiger partial charge is 0.402 e. The Bertz CT molecular complexity index is 204. The SMILES string of the molecule is CCCCC[C@@H](CO)COC(C)=O.NC(=O)O. The molecule has 0 bridgehead atoms. The number of aliphatic hydroxyl groups excluding tert-OH is 1. The number of carboxylic acid groups (broad SMARTS) is 1. The number of nitrogens with two attached hydrogens (primary N) is 1. The van der Waals surface area contributed by atoms with Gasteiger partial charge in [-0.3, -0.25) is 4.79 Å². The van der Waals surface area contributed by atoms with Crippen LogP contribution in [0, 0.1) is 5.92 Å². The molecule has 0 radical (unpaired) electrons. The third kappa shape index (κ3) is 20.7. The van der Waals surface area contributed by atoms with Crippen LogP contribution < -0.4 is 5.73 Å². The molecular formula is C11H23NO5. The Balaban J connectivity index is 0. The van der Waals surface area contributed by atoms with Crippen molar-refractivity contribution in [3.63, 3.8) is 0 Å². The number of rotatable bonds is 7. The van der Waals surface area contributed by atoms with Crippen LogP contribution in [-0.2, 0) is 9.53 Å². The molecule has 0 aliphatic rings. The molecule has 1 amide bonds. The third-order valence-electron chi connectivity index (χ3n) is 2.00. The minimum Gasteiger partial charge on any atom is -0.465 e. The molecule has 102 valence electrons. The van der Waals surface area contributed by atoms with Gasteiger partial charge in [-0.05, 0) is 6.42 Å². The second-order valence-corrected chi connectivity index (χ2v) is 3.69. The molecule has 6 nitrogen and oxygen atoms in total. The van der Waals surface area contributed by atoms with E-state index in [0.717, 1.165) is 12.8 Å². The number of carbonyl (C=O) groups is 2. The first-order valence-electron chi connectivity index (χ1n) is 5.66. The average Bonchev–Trinajstić information content (AvgIpc) is 2.22. The second-order valence-electron chi connectivity index (χ2n) is 3.69. The van der Waals surface area contributed by atoms with Crippen molar-refractivity contribution in [2.45, 2.75) is 39.5 Å². The quantitative estimate of drug-likeness (QED) is 0.466. The van der Waals surface area contributed by atoms with Crippen LogP contribution in [0.5, 0.6) is 0 Å². The Hall–Kier alpha value is -1.30. The molecule has 1 atom stereocenters.